The van der Waals surface area contributed by atoms with Gasteiger partial charge in [0.05, 0.1) is 6.26 Å². The van der Waals surface area contributed by atoms with Crippen LogP contribution in [-0.4, -0.2) is 59.5 Å². The van der Waals surface area contributed by atoms with Crippen molar-refractivity contribution in [3.8, 4) is 0 Å². The molecule has 0 amide bonds. The van der Waals surface area contributed by atoms with E-state index in [9.17, 15) is 0 Å². The molecule has 3 heterocycles. The Morgan fingerprint density at radius 3 is 2.92 bits per heavy atom. The smallest absolute Gasteiger partial charge is 0.205 e. The first-order chi connectivity index (χ1) is 12.8. The first-order valence-corrected chi connectivity index (χ1v) is 9.81. The lowest BCUT2D eigenvalue weighted by atomic mass is 10.3. The number of aliphatic imine (C=N–C) groups is 1. The lowest BCUT2D eigenvalue weighted by Gasteiger charge is -2.36. The Hall–Kier alpha value is -2.35. The summed E-state index contributed by atoms with van der Waals surface area (Å²) in [5.41, 5.74) is 0. The van der Waals surface area contributed by atoms with E-state index in [1.165, 1.54) is 11.5 Å². The van der Waals surface area contributed by atoms with E-state index in [-0.39, 0.29) is 0 Å². The van der Waals surface area contributed by atoms with Crippen molar-refractivity contribution in [3.63, 3.8) is 0 Å². The molecular formula is C18H26N6OS. The first kappa shape index (κ1) is 18.4. The molecule has 1 saturated heterocycles. The lowest BCUT2D eigenvalue weighted by Crippen LogP contribution is -2.52. The van der Waals surface area contributed by atoms with Crippen molar-refractivity contribution in [1.82, 2.24) is 19.6 Å². The van der Waals surface area contributed by atoms with E-state index in [1.807, 2.05) is 18.2 Å². The number of hydrogen-bond acceptors (Lipinski definition) is 6. The summed E-state index contributed by atoms with van der Waals surface area (Å²) in [6, 6.07) is 3.89. The van der Waals surface area contributed by atoms with Crippen LogP contribution in [0.5, 0.6) is 0 Å². The van der Waals surface area contributed by atoms with Crippen molar-refractivity contribution < 1.29 is 4.42 Å². The Labute approximate surface area is 158 Å². The highest BCUT2D eigenvalue weighted by Gasteiger charge is 2.22. The fraction of sp³-hybridized carbons (Fsp3) is 0.500. The van der Waals surface area contributed by atoms with Crippen LogP contribution in [-0.2, 0) is 12.8 Å². The van der Waals surface area contributed by atoms with Crippen LogP contribution in [0.4, 0.5) is 5.13 Å². The molecule has 0 atom stereocenters. The predicted molar refractivity (Wildman–Crippen MR) is 106 cm³/mol. The number of hydrogen-bond donors (Lipinski definition) is 1. The summed E-state index contributed by atoms with van der Waals surface area (Å²) < 4.78 is 9.77. The van der Waals surface area contributed by atoms with E-state index in [2.05, 4.69) is 38.0 Å². The molecule has 1 fully saturated rings. The molecule has 0 aromatic carbocycles. The van der Waals surface area contributed by atoms with Crippen LogP contribution in [0.15, 0.2) is 40.5 Å². The summed E-state index contributed by atoms with van der Waals surface area (Å²) in [7, 11) is 0. The summed E-state index contributed by atoms with van der Waals surface area (Å²) in [5, 5.41) is 4.40. The van der Waals surface area contributed by atoms with Crippen LogP contribution >= 0.6 is 11.5 Å². The van der Waals surface area contributed by atoms with Gasteiger partial charge >= 0.3 is 0 Å². The largest absolute Gasteiger partial charge is 0.469 e. The number of rotatable bonds is 7. The number of anilines is 1. The second-order valence-corrected chi connectivity index (χ2v) is 6.76. The number of furan rings is 1. The van der Waals surface area contributed by atoms with Gasteiger partial charge < -0.3 is 19.5 Å². The second-order valence-electron chi connectivity index (χ2n) is 6.03. The third kappa shape index (κ3) is 4.85. The molecule has 2 aromatic rings. The zero-order valence-electron chi connectivity index (χ0n) is 15.2. The number of nitrogens with one attached hydrogen (secondary N) is 1. The van der Waals surface area contributed by atoms with Gasteiger partial charge in [-0.25, -0.2) is 4.98 Å². The van der Waals surface area contributed by atoms with E-state index in [1.54, 1.807) is 6.26 Å². The Morgan fingerprint density at radius 1 is 1.42 bits per heavy atom. The van der Waals surface area contributed by atoms with Crippen molar-refractivity contribution in [2.75, 3.05) is 44.2 Å². The van der Waals surface area contributed by atoms with Crippen LogP contribution in [0, 0.1) is 0 Å². The number of aromatic nitrogens is 2. The van der Waals surface area contributed by atoms with Gasteiger partial charge in [-0.2, -0.15) is 4.37 Å². The van der Waals surface area contributed by atoms with Gasteiger partial charge in [-0.1, -0.05) is 13.0 Å². The SMILES string of the molecule is C=CCNC(=NCCc1ccco1)N1CCN(c2nc(CC)ns2)CC1. The van der Waals surface area contributed by atoms with E-state index < -0.39 is 0 Å². The molecule has 140 valence electrons. The van der Waals surface area contributed by atoms with E-state index >= 15 is 0 Å². The number of aryl methyl sites for hydroxylation is 1. The van der Waals surface area contributed by atoms with Crippen molar-refractivity contribution >= 4 is 22.6 Å². The molecule has 0 spiro atoms. The maximum atomic E-state index is 5.38. The van der Waals surface area contributed by atoms with Crippen LogP contribution in [0.1, 0.15) is 18.5 Å². The van der Waals surface area contributed by atoms with Gasteiger partial charge in [-0.3, -0.25) is 4.99 Å². The average Bonchev–Trinajstić information content (AvgIpc) is 3.36. The van der Waals surface area contributed by atoms with Gasteiger partial charge in [0, 0.05) is 63.6 Å². The van der Waals surface area contributed by atoms with Gasteiger partial charge in [-0.05, 0) is 12.1 Å². The summed E-state index contributed by atoms with van der Waals surface area (Å²) in [5.74, 6) is 2.83. The molecule has 26 heavy (non-hydrogen) atoms. The molecule has 3 rings (SSSR count). The quantitative estimate of drug-likeness (QED) is 0.455. The Balaban J connectivity index is 1.56. The van der Waals surface area contributed by atoms with E-state index in [4.69, 9.17) is 9.41 Å². The molecule has 1 N–H and O–H groups in total. The van der Waals surface area contributed by atoms with Gasteiger partial charge in [0.1, 0.15) is 11.6 Å². The average molecular weight is 375 g/mol. The second kappa shape index (κ2) is 9.38. The molecule has 7 nitrogen and oxygen atoms in total. The predicted octanol–water partition coefficient (Wildman–Crippen LogP) is 2.19. The molecule has 2 aromatic heterocycles. The molecule has 1 aliphatic heterocycles. The Morgan fingerprint density at radius 2 is 2.27 bits per heavy atom. The minimum atomic E-state index is 0.698. The number of piperazine rings is 1. The van der Waals surface area contributed by atoms with Gasteiger partial charge in [0.15, 0.2) is 5.96 Å². The Bertz CT molecular complexity index is 703. The van der Waals surface area contributed by atoms with Crippen molar-refractivity contribution in [1.29, 1.82) is 0 Å². The third-order valence-corrected chi connectivity index (χ3v) is 5.04. The third-order valence-electron chi connectivity index (χ3n) is 4.23. The highest BCUT2D eigenvalue weighted by atomic mass is 32.1. The number of guanidine groups is 1. The molecule has 0 saturated carbocycles. The molecular weight excluding hydrogens is 348 g/mol. The monoisotopic (exact) mass is 374 g/mol. The molecule has 0 unspecified atom stereocenters. The van der Waals surface area contributed by atoms with Crippen LogP contribution in [0.3, 0.4) is 0 Å². The summed E-state index contributed by atoms with van der Waals surface area (Å²) in [6.45, 7) is 10.9. The molecule has 0 radical (unpaired) electrons. The van der Waals surface area contributed by atoms with Crippen molar-refractivity contribution in [2.24, 2.45) is 4.99 Å². The van der Waals surface area contributed by atoms with E-state index in [0.717, 1.165) is 61.7 Å². The molecule has 0 bridgehead atoms. The minimum Gasteiger partial charge on any atom is -0.469 e. The first-order valence-electron chi connectivity index (χ1n) is 9.04. The fourth-order valence-corrected chi connectivity index (χ4v) is 3.59. The summed E-state index contributed by atoms with van der Waals surface area (Å²) >= 11 is 1.49. The van der Waals surface area contributed by atoms with Crippen molar-refractivity contribution in [3.05, 3.63) is 42.6 Å². The summed E-state index contributed by atoms with van der Waals surface area (Å²) in [6.07, 6.45) is 5.24. The zero-order valence-corrected chi connectivity index (χ0v) is 16.0. The molecule has 8 heteroatoms. The number of nitrogens with zero attached hydrogens (tertiary/aromatic N) is 5. The van der Waals surface area contributed by atoms with Crippen molar-refractivity contribution in [2.45, 2.75) is 19.8 Å². The van der Waals surface area contributed by atoms with Crippen LogP contribution in [0.2, 0.25) is 0 Å². The zero-order chi connectivity index (χ0) is 18.2. The maximum Gasteiger partial charge on any atom is 0.205 e. The highest BCUT2D eigenvalue weighted by molar-refractivity contribution is 7.09. The fourth-order valence-electron chi connectivity index (χ4n) is 2.78. The van der Waals surface area contributed by atoms with Crippen LogP contribution < -0.4 is 10.2 Å². The summed E-state index contributed by atoms with van der Waals surface area (Å²) in [4.78, 5) is 14.0. The van der Waals surface area contributed by atoms with Gasteiger partial charge in [0.25, 0.3) is 0 Å². The maximum absolute atomic E-state index is 5.38. The Kier molecular flexibility index (Phi) is 6.65. The normalized spacial score (nSPS) is 15.3. The van der Waals surface area contributed by atoms with Gasteiger partial charge in [0.2, 0.25) is 5.13 Å². The molecule has 1 aliphatic rings. The van der Waals surface area contributed by atoms with E-state index in [0.29, 0.717) is 13.1 Å². The van der Waals surface area contributed by atoms with Crippen LogP contribution in [0.25, 0.3) is 0 Å². The minimum absolute atomic E-state index is 0.698. The van der Waals surface area contributed by atoms with Gasteiger partial charge in [-0.15, -0.1) is 6.58 Å². The standard InChI is InChI=1S/C18H26N6OS/c1-3-8-19-17(20-9-7-15-6-5-14-25-15)23-10-12-24(13-11-23)18-21-16(4-2)22-26-18/h3,5-6,14H,1,4,7-13H2,2H3,(H,19,20). The molecule has 0 aliphatic carbocycles. The topological polar surface area (TPSA) is 69.8 Å². The highest BCUT2D eigenvalue weighted by Crippen LogP contribution is 2.19. The lowest BCUT2D eigenvalue weighted by molar-refractivity contribution is 0.373.